The number of ether oxygens (including phenoxy) is 2. The van der Waals surface area contributed by atoms with Crippen LogP contribution in [0.2, 0.25) is 0 Å². The number of rotatable bonds is 4. The minimum atomic E-state index is -0.753. The second-order valence-electron chi connectivity index (χ2n) is 6.30. The Morgan fingerprint density at radius 1 is 1.42 bits per heavy atom. The summed E-state index contributed by atoms with van der Waals surface area (Å²) in [7, 11) is 1.52. The number of pyridine rings is 1. The van der Waals surface area contributed by atoms with E-state index in [-0.39, 0.29) is 24.4 Å². The van der Waals surface area contributed by atoms with Crippen LogP contribution in [0.25, 0.3) is 11.1 Å². The molecular formula is C19H23N3O4. The first-order valence-electron chi connectivity index (χ1n) is 8.47. The molecule has 3 rings (SSSR count). The summed E-state index contributed by atoms with van der Waals surface area (Å²) in [6.45, 7) is 2.74. The maximum Gasteiger partial charge on any atom is 0.242 e. The quantitative estimate of drug-likeness (QED) is 0.861. The predicted molar refractivity (Wildman–Crippen MR) is 96.7 cm³/mol. The molecule has 26 heavy (non-hydrogen) atoms. The highest BCUT2D eigenvalue weighted by molar-refractivity contribution is 5.82. The molecule has 0 saturated heterocycles. The van der Waals surface area contributed by atoms with Crippen molar-refractivity contribution >= 4 is 5.91 Å². The molecule has 2 aromatic rings. The Morgan fingerprint density at radius 3 is 2.92 bits per heavy atom. The van der Waals surface area contributed by atoms with Crippen LogP contribution in [0.15, 0.2) is 36.7 Å². The molecule has 1 aromatic heterocycles. The minimum absolute atomic E-state index is 0.0465. The molecular weight excluding hydrogens is 334 g/mol. The molecule has 7 nitrogen and oxygen atoms in total. The van der Waals surface area contributed by atoms with E-state index in [0.717, 1.165) is 16.7 Å². The van der Waals surface area contributed by atoms with Crippen LogP contribution in [0.5, 0.6) is 11.5 Å². The number of hydrogen-bond donors (Lipinski definition) is 2. The van der Waals surface area contributed by atoms with Gasteiger partial charge in [-0.2, -0.15) is 0 Å². The van der Waals surface area contributed by atoms with Crippen LogP contribution in [0.4, 0.5) is 0 Å². The molecule has 0 fully saturated rings. The maximum atomic E-state index is 12.7. The van der Waals surface area contributed by atoms with Gasteiger partial charge >= 0.3 is 0 Å². The highest BCUT2D eigenvalue weighted by atomic mass is 16.5. The van der Waals surface area contributed by atoms with E-state index in [0.29, 0.717) is 18.8 Å². The van der Waals surface area contributed by atoms with Gasteiger partial charge in [-0.25, -0.2) is 0 Å². The summed E-state index contributed by atoms with van der Waals surface area (Å²) in [6.07, 6.45) is 3.02. The first kappa shape index (κ1) is 18.2. The molecule has 2 heterocycles. The molecule has 1 aromatic carbocycles. The molecule has 2 atom stereocenters. The summed E-state index contributed by atoms with van der Waals surface area (Å²) in [5.41, 5.74) is 8.42. The Morgan fingerprint density at radius 2 is 2.23 bits per heavy atom. The number of fused-ring (bicyclic) bond motifs is 1. The third kappa shape index (κ3) is 3.63. The highest BCUT2D eigenvalue weighted by Crippen LogP contribution is 2.37. The van der Waals surface area contributed by atoms with E-state index in [9.17, 15) is 9.90 Å². The van der Waals surface area contributed by atoms with Crippen molar-refractivity contribution in [3.8, 4) is 22.6 Å². The molecule has 1 amide bonds. The SMILES string of the molecule is CO[C@H](C)[C@H](N)C(=O)N1CCOc2c(O)cc(-c3cccnc3)cc2C1. The average Bonchev–Trinajstić information content (AvgIpc) is 2.89. The first-order valence-corrected chi connectivity index (χ1v) is 8.47. The van der Waals surface area contributed by atoms with Crippen LogP contribution >= 0.6 is 0 Å². The van der Waals surface area contributed by atoms with Crippen molar-refractivity contribution < 1.29 is 19.4 Å². The van der Waals surface area contributed by atoms with Gasteiger partial charge in [0, 0.05) is 37.2 Å². The van der Waals surface area contributed by atoms with Crippen molar-refractivity contribution in [3.63, 3.8) is 0 Å². The Balaban J connectivity index is 1.91. The lowest BCUT2D eigenvalue weighted by atomic mass is 10.0. The fourth-order valence-corrected chi connectivity index (χ4v) is 2.95. The smallest absolute Gasteiger partial charge is 0.242 e. The standard InChI is InChI=1S/C19H23N3O4/c1-12(25-2)17(20)19(24)22-6-7-26-18-15(11-22)8-14(9-16(18)23)13-4-3-5-21-10-13/h3-5,8-10,12,17,23H,6-7,11,20H2,1-2H3/t12-,17+/m1/s1. The van der Waals surface area contributed by atoms with E-state index < -0.39 is 6.04 Å². The zero-order valence-electron chi connectivity index (χ0n) is 14.9. The fraction of sp³-hybridized carbons (Fsp3) is 0.368. The topological polar surface area (TPSA) is 97.9 Å². The molecule has 0 aliphatic carbocycles. The highest BCUT2D eigenvalue weighted by Gasteiger charge is 2.29. The summed E-state index contributed by atoms with van der Waals surface area (Å²) in [6, 6.07) is 6.53. The summed E-state index contributed by atoms with van der Waals surface area (Å²) in [5.74, 6) is 0.244. The lowest BCUT2D eigenvalue weighted by Crippen LogP contribution is -2.50. The van der Waals surface area contributed by atoms with Crippen molar-refractivity contribution in [2.75, 3.05) is 20.3 Å². The summed E-state index contributed by atoms with van der Waals surface area (Å²) >= 11 is 0. The maximum absolute atomic E-state index is 12.7. The van der Waals surface area contributed by atoms with Crippen molar-refractivity contribution in [1.29, 1.82) is 0 Å². The van der Waals surface area contributed by atoms with Crippen LogP contribution in [-0.4, -0.2) is 53.3 Å². The van der Waals surface area contributed by atoms with Crippen molar-refractivity contribution in [2.45, 2.75) is 25.6 Å². The number of carbonyl (C=O) groups excluding carboxylic acids is 1. The Kier molecular flexibility index (Phi) is 5.39. The van der Waals surface area contributed by atoms with Gasteiger partial charge in [-0.05, 0) is 30.7 Å². The number of benzene rings is 1. The molecule has 138 valence electrons. The molecule has 3 N–H and O–H groups in total. The van der Waals surface area contributed by atoms with Gasteiger partial charge in [-0.15, -0.1) is 0 Å². The Hall–Kier alpha value is -2.64. The number of phenolic OH excluding ortho intramolecular Hbond substituents is 1. The van der Waals surface area contributed by atoms with E-state index in [1.165, 1.54) is 7.11 Å². The van der Waals surface area contributed by atoms with Gasteiger partial charge in [-0.3, -0.25) is 9.78 Å². The molecule has 0 spiro atoms. The number of nitrogens with two attached hydrogens (primary N) is 1. The average molecular weight is 357 g/mol. The second-order valence-corrected chi connectivity index (χ2v) is 6.30. The Bertz CT molecular complexity index is 782. The van der Waals surface area contributed by atoms with Gasteiger partial charge < -0.3 is 25.2 Å². The molecule has 1 aliphatic rings. The minimum Gasteiger partial charge on any atom is -0.504 e. The number of methoxy groups -OCH3 is 1. The first-order chi connectivity index (χ1) is 12.5. The zero-order chi connectivity index (χ0) is 18.7. The number of aromatic nitrogens is 1. The van der Waals surface area contributed by atoms with Crippen LogP contribution in [0.3, 0.4) is 0 Å². The summed E-state index contributed by atoms with van der Waals surface area (Å²) in [5, 5.41) is 10.4. The van der Waals surface area contributed by atoms with Crippen LogP contribution in [0.1, 0.15) is 12.5 Å². The second kappa shape index (κ2) is 7.72. The monoisotopic (exact) mass is 357 g/mol. The van der Waals surface area contributed by atoms with Gasteiger partial charge in [0.25, 0.3) is 0 Å². The van der Waals surface area contributed by atoms with Gasteiger partial charge in [0.15, 0.2) is 11.5 Å². The van der Waals surface area contributed by atoms with Crippen LogP contribution in [0, 0.1) is 0 Å². The molecule has 0 bridgehead atoms. The van der Waals surface area contributed by atoms with E-state index in [1.807, 2.05) is 18.2 Å². The normalized spacial score (nSPS) is 16.2. The van der Waals surface area contributed by atoms with Gasteiger partial charge in [0.05, 0.1) is 12.6 Å². The summed E-state index contributed by atoms with van der Waals surface area (Å²) < 4.78 is 10.9. The molecule has 0 saturated carbocycles. The van der Waals surface area contributed by atoms with Crippen LogP contribution < -0.4 is 10.5 Å². The van der Waals surface area contributed by atoms with E-state index in [1.54, 1.807) is 30.3 Å². The Labute approximate surface area is 152 Å². The van der Waals surface area contributed by atoms with E-state index in [2.05, 4.69) is 4.98 Å². The summed E-state index contributed by atoms with van der Waals surface area (Å²) in [4.78, 5) is 18.4. The number of carbonyl (C=O) groups is 1. The van der Waals surface area contributed by atoms with E-state index >= 15 is 0 Å². The van der Waals surface area contributed by atoms with Crippen molar-refractivity contribution in [1.82, 2.24) is 9.88 Å². The molecule has 0 unspecified atom stereocenters. The number of hydrogen-bond acceptors (Lipinski definition) is 6. The fourth-order valence-electron chi connectivity index (χ4n) is 2.95. The van der Waals surface area contributed by atoms with Gasteiger partial charge in [0.2, 0.25) is 5.91 Å². The third-order valence-corrected chi connectivity index (χ3v) is 4.58. The third-order valence-electron chi connectivity index (χ3n) is 4.58. The molecule has 0 radical (unpaired) electrons. The predicted octanol–water partition coefficient (Wildman–Crippen LogP) is 1.54. The number of aromatic hydroxyl groups is 1. The molecule has 7 heteroatoms. The van der Waals surface area contributed by atoms with Gasteiger partial charge in [0.1, 0.15) is 12.6 Å². The number of amides is 1. The van der Waals surface area contributed by atoms with Gasteiger partial charge in [-0.1, -0.05) is 6.07 Å². The van der Waals surface area contributed by atoms with E-state index in [4.69, 9.17) is 15.2 Å². The number of nitrogens with zero attached hydrogens (tertiary/aromatic N) is 2. The molecule has 1 aliphatic heterocycles. The number of phenols is 1. The largest absolute Gasteiger partial charge is 0.504 e. The van der Waals surface area contributed by atoms with Crippen molar-refractivity contribution in [2.24, 2.45) is 5.73 Å². The van der Waals surface area contributed by atoms with Crippen LogP contribution in [-0.2, 0) is 16.1 Å². The van der Waals surface area contributed by atoms with Crippen molar-refractivity contribution in [3.05, 3.63) is 42.2 Å². The zero-order valence-corrected chi connectivity index (χ0v) is 14.9. The lowest BCUT2D eigenvalue weighted by Gasteiger charge is -2.26. The lowest BCUT2D eigenvalue weighted by molar-refractivity contribution is -0.136.